The quantitative estimate of drug-likeness (QED) is 0.730. The maximum absolute atomic E-state index is 4.37. The van der Waals surface area contributed by atoms with E-state index in [-0.39, 0.29) is 0 Å². The summed E-state index contributed by atoms with van der Waals surface area (Å²) in [5.74, 6) is 0.640. The van der Waals surface area contributed by atoms with Gasteiger partial charge >= 0.3 is 0 Å². The van der Waals surface area contributed by atoms with E-state index in [2.05, 4.69) is 69.5 Å². The molecular weight excluding hydrogens is 242 g/mol. The molecule has 0 aliphatic carbocycles. The molecule has 2 atom stereocenters. The van der Waals surface area contributed by atoms with Gasteiger partial charge in [0.05, 0.1) is 0 Å². The molecule has 1 aromatic rings. The second-order valence-corrected chi connectivity index (χ2v) is 7.40. The van der Waals surface area contributed by atoms with Crippen molar-refractivity contribution < 1.29 is 0 Å². The molecule has 1 aliphatic rings. The highest BCUT2D eigenvalue weighted by molar-refractivity contribution is 5.22. The first kappa shape index (κ1) is 15.2. The van der Waals surface area contributed by atoms with Gasteiger partial charge in [0.15, 0.2) is 0 Å². The van der Waals surface area contributed by atoms with Gasteiger partial charge < -0.3 is 4.90 Å². The summed E-state index contributed by atoms with van der Waals surface area (Å²) < 4.78 is 0. The van der Waals surface area contributed by atoms with E-state index < -0.39 is 0 Å². The molecule has 1 saturated heterocycles. The first-order valence-electron chi connectivity index (χ1n) is 7.88. The van der Waals surface area contributed by atoms with Gasteiger partial charge in [-0.2, -0.15) is 0 Å². The van der Waals surface area contributed by atoms with E-state index in [4.69, 9.17) is 0 Å². The summed E-state index contributed by atoms with van der Waals surface area (Å²) in [4.78, 5) is 2.55. The fourth-order valence-corrected chi connectivity index (χ4v) is 3.45. The Kier molecular flexibility index (Phi) is 4.57. The number of allylic oxidation sites excluding steroid dienone is 1. The van der Waals surface area contributed by atoms with Crippen molar-refractivity contribution in [1.29, 1.82) is 0 Å². The number of benzene rings is 1. The van der Waals surface area contributed by atoms with Gasteiger partial charge in [0.25, 0.3) is 0 Å². The van der Waals surface area contributed by atoms with E-state index in [1.165, 1.54) is 30.6 Å². The van der Waals surface area contributed by atoms with Crippen molar-refractivity contribution in [1.82, 2.24) is 4.90 Å². The Balaban J connectivity index is 2.11. The van der Waals surface area contributed by atoms with Crippen LogP contribution in [0.1, 0.15) is 58.4 Å². The molecule has 0 N–H and O–H groups in total. The average molecular weight is 271 g/mol. The van der Waals surface area contributed by atoms with E-state index in [0.29, 0.717) is 17.4 Å². The van der Waals surface area contributed by atoms with Crippen LogP contribution in [0.4, 0.5) is 0 Å². The molecule has 1 heteroatoms. The van der Waals surface area contributed by atoms with Gasteiger partial charge in [-0.05, 0) is 37.2 Å². The van der Waals surface area contributed by atoms with Gasteiger partial charge in [0, 0.05) is 24.2 Å². The zero-order chi connectivity index (χ0) is 14.8. The Hall–Kier alpha value is -1.24. The van der Waals surface area contributed by atoms with Crippen LogP contribution in [0.5, 0.6) is 0 Å². The molecule has 0 spiro atoms. The van der Waals surface area contributed by atoms with E-state index in [1.807, 2.05) is 0 Å². The predicted molar refractivity (Wildman–Crippen MR) is 87.8 cm³/mol. The van der Waals surface area contributed by atoms with Crippen LogP contribution in [0.15, 0.2) is 42.6 Å². The third kappa shape index (κ3) is 3.65. The molecule has 0 amide bonds. The molecule has 0 saturated carbocycles. The third-order valence-corrected chi connectivity index (χ3v) is 4.36. The van der Waals surface area contributed by atoms with E-state index in [0.717, 1.165) is 6.42 Å². The van der Waals surface area contributed by atoms with Crippen molar-refractivity contribution in [2.45, 2.75) is 58.9 Å². The zero-order valence-corrected chi connectivity index (χ0v) is 13.5. The van der Waals surface area contributed by atoms with Crippen molar-refractivity contribution in [3.63, 3.8) is 0 Å². The molecule has 110 valence electrons. The molecule has 2 rings (SSSR count). The summed E-state index contributed by atoms with van der Waals surface area (Å²) in [6.07, 6.45) is 3.65. The lowest BCUT2D eigenvalue weighted by atomic mass is 9.82. The van der Waals surface area contributed by atoms with Crippen LogP contribution in [0, 0.1) is 5.41 Å². The van der Waals surface area contributed by atoms with Crippen molar-refractivity contribution in [3.05, 3.63) is 48.2 Å². The summed E-state index contributed by atoms with van der Waals surface area (Å²) in [5.41, 5.74) is 3.11. The van der Waals surface area contributed by atoms with Crippen molar-refractivity contribution in [2.24, 2.45) is 5.41 Å². The van der Waals surface area contributed by atoms with Gasteiger partial charge in [-0.15, -0.1) is 0 Å². The SMILES string of the molecule is C=C(CC(C)(C)C)N1CCCC(c2ccccc2)C1C. The first-order chi connectivity index (χ1) is 9.38. The monoisotopic (exact) mass is 271 g/mol. The van der Waals surface area contributed by atoms with E-state index in [1.54, 1.807) is 0 Å². The van der Waals surface area contributed by atoms with E-state index in [9.17, 15) is 0 Å². The van der Waals surface area contributed by atoms with Crippen LogP contribution >= 0.6 is 0 Å². The van der Waals surface area contributed by atoms with Crippen LogP contribution in [-0.2, 0) is 0 Å². The molecule has 2 unspecified atom stereocenters. The van der Waals surface area contributed by atoms with Gasteiger partial charge in [-0.1, -0.05) is 57.7 Å². The van der Waals surface area contributed by atoms with Gasteiger partial charge in [0.1, 0.15) is 0 Å². The zero-order valence-electron chi connectivity index (χ0n) is 13.5. The summed E-state index contributed by atoms with van der Waals surface area (Å²) in [6, 6.07) is 11.5. The van der Waals surface area contributed by atoms with Crippen molar-refractivity contribution in [2.75, 3.05) is 6.54 Å². The standard InChI is InChI=1S/C19H29N/c1-15(14-19(3,4)5)20-13-9-12-18(16(20)2)17-10-7-6-8-11-17/h6-8,10-11,16,18H,1,9,12-14H2,2-5H3. The Labute approximate surface area is 124 Å². The van der Waals surface area contributed by atoms with Crippen molar-refractivity contribution in [3.8, 4) is 0 Å². The summed E-state index contributed by atoms with van der Waals surface area (Å²) >= 11 is 0. The van der Waals surface area contributed by atoms with Gasteiger partial charge in [-0.25, -0.2) is 0 Å². The second kappa shape index (κ2) is 6.03. The second-order valence-electron chi connectivity index (χ2n) is 7.40. The van der Waals surface area contributed by atoms with Crippen LogP contribution in [0.3, 0.4) is 0 Å². The fourth-order valence-electron chi connectivity index (χ4n) is 3.45. The minimum absolute atomic E-state index is 0.316. The fraction of sp³-hybridized carbons (Fsp3) is 0.579. The molecule has 1 aromatic carbocycles. The Bertz CT molecular complexity index is 441. The maximum Gasteiger partial charge on any atom is 0.0327 e. The summed E-state index contributed by atoms with van der Waals surface area (Å²) in [5, 5.41) is 0. The Morgan fingerprint density at radius 1 is 1.25 bits per heavy atom. The smallest absolute Gasteiger partial charge is 0.0327 e. The Morgan fingerprint density at radius 3 is 2.50 bits per heavy atom. The van der Waals surface area contributed by atoms with Gasteiger partial charge in [-0.3, -0.25) is 0 Å². The van der Waals surface area contributed by atoms with Crippen LogP contribution in [0.25, 0.3) is 0 Å². The molecule has 0 radical (unpaired) electrons. The molecule has 0 bridgehead atoms. The topological polar surface area (TPSA) is 3.24 Å². The number of likely N-dealkylation sites (tertiary alicyclic amines) is 1. The van der Waals surface area contributed by atoms with Gasteiger partial charge in [0.2, 0.25) is 0 Å². The van der Waals surface area contributed by atoms with Crippen molar-refractivity contribution >= 4 is 0 Å². The van der Waals surface area contributed by atoms with E-state index >= 15 is 0 Å². The minimum atomic E-state index is 0.316. The minimum Gasteiger partial charge on any atom is -0.372 e. The first-order valence-corrected chi connectivity index (χ1v) is 7.88. The molecule has 1 aliphatic heterocycles. The lowest BCUT2D eigenvalue weighted by Gasteiger charge is -2.43. The highest BCUT2D eigenvalue weighted by Crippen LogP contribution is 2.36. The highest BCUT2D eigenvalue weighted by atomic mass is 15.2. The van der Waals surface area contributed by atoms with Crippen LogP contribution < -0.4 is 0 Å². The third-order valence-electron chi connectivity index (χ3n) is 4.36. The number of hydrogen-bond acceptors (Lipinski definition) is 1. The molecular formula is C19H29N. The summed E-state index contributed by atoms with van der Waals surface area (Å²) in [6.45, 7) is 14.8. The number of hydrogen-bond donors (Lipinski definition) is 0. The molecule has 1 nitrogen and oxygen atoms in total. The Morgan fingerprint density at radius 2 is 1.90 bits per heavy atom. The van der Waals surface area contributed by atoms with Crippen LogP contribution in [0.2, 0.25) is 0 Å². The lowest BCUT2D eigenvalue weighted by Crippen LogP contribution is -2.42. The normalized spacial score (nSPS) is 23.7. The maximum atomic E-state index is 4.37. The highest BCUT2D eigenvalue weighted by Gasteiger charge is 2.30. The number of piperidine rings is 1. The largest absolute Gasteiger partial charge is 0.372 e. The number of nitrogens with zero attached hydrogens (tertiary/aromatic N) is 1. The molecule has 0 aromatic heterocycles. The summed E-state index contributed by atoms with van der Waals surface area (Å²) in [7, 11) is 0. The molecule has 1 heterocycles. The average Bonchev–Trinajstić information content (AvgIpc) is 2.38. The molecule has 20 heavy (non-hydrogen) atoms. The van der Waals surface area contributed by atoms with Crippen LogP contribution in [-0.4, -0.2) is 17.5 Å². The lowest BCUT2D eigenvalue weighted by molar-refractivity contribution is 0.166. The molecule has 1 fully saturated rings. The number of rotatable bonds is 3. The predicted octanol–water partition coefficient (Wildman–Crippen LogP) is 5.20.